The van der Waals surface area contributed by atoms with E-state index in [4.69, 9.17) is 10.1 Å². The van der Waals surface area contributed by atoms with E-state index in [-0.39, 0.29) is 5.56 Å². The lowest BCUT2D eigenvalue weighted by atomic mass is 10.3. The Bertz CT molecular complexity index is 1380. The number of anilines is 1. The third kappa shape index (κ3) is 3.64. The molecular weight excluding hydrogens is 426 g/mol. The van der Waals surface area contributed by atoms with E-state index >= 15 is 0 Å². The first-order chi connectivity index (χ1) is 15.3. The summed E-state index contributed by atoms with van der Waals surface area (Å²) in [7, 11) is 0. The smallest absolute Gasteiger partial charge is 0.271 e. The van der Waals surface area contributed by atoms with E-state index in [9.17, 15) is 4.79 Å². The molecule has 5 aromatic rings. The van der Waals surface area contributed by atoms with Crippen LogP contribution < -0.4 is 10.9 Å². The van der Waals surface area contributed by atoms with Gasteiger partial charge in [0.25, 0.3) is 5.56 Å². The van der Waals surface area contributed by atoms with E-state index in [0.717, 1.165) is 16.3 Å². The lowest BCUT2D eigenvalue weighted by molar-refractivity contribution is 0.849. The number of nitrogens with zero attached hydrogens (tertiary/aromatic N) is 4. The van der Waals surface area contributed by atoms with Gasteiger partial charge in [0.1, 0.15) is 10.4 Å². The van der Waals surface area contributed by atoms with Gasteiger partial charge in [-0.3, -0.25) is 4.79 Å². The zero-order valence-electron chi connectivity index (χ0n) is 16.7. The number of fused-ring (bicyclic) bond motifs is 1. The number of nitrogens with one attached hydrogen (secondary N) is 1. The van der Waals surface area contributed by atoms with Crippen molar-refractivity contribution in [3.8, 4) is 11.4 Å². The maximum absolute atomic E-state index is 13.8. The van der Waals surface area contributed by atoms with Crippen LogP contribution in [0.1, 0.15) is 4.88 Å². The minimum absolute atomic E-state index is 0.142. The number of rotatable bonds is 6. The lowest BCUT2D eigenvalue weighted by Crippen LogP contribution is -2.24. The minimum atomic E-state index is -0.142. The molecule has 31 heavy (non-hydrogen) atoms. The van der Waals surface area contributed by atoms with Crippen LogP contribution in [0.4, 0.5) is 5.95 Å². The quantitative estimate of drug-likeness (QED) is 0.374. The molecule has 2 aromatic carbocycles. The van der Waals surface area contributed by atoms with E-state index < -0.39 is 0 Å². The maximum atomic E-state index is 13.8. The van der Waals surface area contributed by atoms with Crippen molar-refractivity contribution in [1.82, 2.24) is 19.3 Å². The topological polar surface area (TPSA) is 64.7 Å². The zero-order valence-corrected chi connectivity index (χ0v) is 18.4. The fourth-order valence-electron chi connectivity index (χ4n) is 3.45. The molecule has 3 aromatic heterocycles. The Hall–Kier alpha value is -3.36. The predicted molar refractivity (Wildman–Crippen MR) is 128 cm³/mol. The molecule has 1 N–H and O–H groups in total. The molecule has 0 atom stereocenters. The summed E-state index contributed by atoms with van der Waals surface area (Å²) in [5.41, 5.74) is 2.02. The number of hydrogen-bond donors (Lipinski definition) is 1. The number of thiophene rings is 1. The van der Waals surface area contributed by atoms with Crippen molar-refractivity contribution in [3.05, 3.63) is 93.4 Å². The molecule has 5 rings (SSSR count). The zero-order chi connectivity index (χ0) is 21.2. The Balaban J connectivity index is 1.76. The molecule has 6 nitrogen and oxygen atoms in total. The number of para-hydroxylation sites is 2. The van der Waals surface area contributed by atoms with Crippen molar-refractivity contribution >= 4 is 40.1 Å². The molecule has 154 valence electrons. The van der Waals surface area contributed by atoms with Gasteiger partial charge < -0.3 is 5.32 Å². The van der Waals surface area contributed by atoms with Crippen molar-refractivity contribution in [3.63, 3.8) is 0 Å². The molecule has 3 heterocycles. The molecule has 0 amide bonds. The van der Waals surface area contributed by atoms with Gasteiger partial charge in [0.05, 0.1) is 17.9 Å². The molecule has 0 fully saturated rings. The first kappa shape index (κ1) is 19.6. The number of aromatic nitrogens is 4. The van der Waals surface area contributed by atoms with Gasteiger partial charge in [0, 0.05) is 4.88 Å². The monoisotopic (exact) mass is 445 g/mol. The van der Waals surface area contributed by atoms with Crippen LogP contribution in [-0.2, 0) is 6.54 Å². The Labute approximate surface area is 187 Å². The number of benzene rings is 2. The van der Waals surface area contributed by atoms with Gasteiger partial charge >= 0.3 is 0 Å². The fourth-order valence-corrected chi connectivity index (χ4v) is 4.64. The summed E-state index contributed by atoms with van der Waals surface area (Å²) in [6.45, 7) is 0.581. The van der Waals surface area contributed by atoms with Gasteiger partial charge in [-0.2, -0.15) is 10.1 Å². The van der Waals surface area contributed by atoms with Crippen LogP contribution in [-0.4, -0.2) is 25.6 Å². The standard InChI is InChI=1S/C23H19N5OS2/c1-30-21-19-20(28(26-21)17-11-6-3-7-12-17)25-23(24-15-18-13-8-14-31-18)27(22(19)29)16-9-4-2-5-10-16/h2-14H,15H2,1H3,(H,24,25). The molecule has 0 unspecified atom stereocenters. The van der Waals surface area contributed by atoms with Crippen LogP contribution in [0.15, 0.2) is 88.0 Å². The Morgan fingerprint density at radius 2 is 1.68 bits per heavy atom. The first-order valence-electron chi connectivity index (χ1n) is 9.73. The molecule has 0 aliphatic rings. The Morgan fingerprint density at radius 1 is 0.968 bits per heavy atom. The van der Waals surface area contributed by atoms with E-state index in [1.165, 1.54) is 11.8 Å². The van der Waals surface area contributed by atoms with Crippen molar-refractivity contribution in [1.29, 1.82) is 0 Å². The second-order valence-corrected chi connectivity index (χ2v) is 8.63. The third-order valence-corrected chi connectivity index (χ3v) is 6.43. The summed E-state index contributed by atoms with van der Waals surface area (Å²) in [5.74, 6) is 0.488. The minimum Gasteiger partial charge on any atom is -0.350 e. The van der Waals surface area contributed by atoms with Crippen molar-refractivity contribution < 1.29 is 0 Å². The average molecular weight is 446 g/mol. The van der Waals surface area contributed by atoms with Gasteiger partial charge in [0.15, 0.2) is 5.65 Å². The summed E-state index contributed by atoms with van der Waals surface area (Å²) in [5, 5.41) is 11.3. The highest BCUT2D eigenvalue weighted by molar-refractivity contribution is 7.98. The Morgan fingerprint density at radius 3 is 2.32 bits per heavy atom. The largest absolute Gasteiger partial charge is 0.350 e. The van der Waals surface area contributed by atoms with E-state index in [2.05, 4.69) is 11.4 Å². The van der Waals surface area contributed by atoms with Gasteiger partial charge in [-0.1, -0.05) is 42.5 Å². The summed E-state index contributed by atoms with van der Waals surface area (Å²) >= 11 is 3.11. The Kier molecular flexibility index (Phi) is 5.31. The highest BCUT2D eigenvalue weighted by Gasteiger charge is 2.21. The predicted octanol–water partition coefficient (Wildman–Crippen LogP) is 4.97. The van der Waals surface area contributed by atoms with Crippen LogP contribution in [0.5, 0.6) is 0 Å². The molecule has 0 aliphatic heterocycles. The van der Waals surface area contributed by atoms with Gasteiger partial charge in [-0.05, 0) is 42.0 Å². The highest BCUT2D eigenvalue weighted by Crippen LogP contribution is 2.27. The van der Waals surface area contributed by atoms with Crippen LogP contribution >= 0.6 is 23.1 Å². The molecule has 8 heteroatoms. The molecule has 0 bridgehead atoms. The van der Waals surface area contributed by atoms with Crippen molar-refractivity contribution in [2.75, 3.05) is 11.6 Å². The van der Waals surface area contributed by atoms with Crippen LogP contribution in [0.2, 0.25) is 0 Å². The number of thioether (sulfide) groups is 1. The number of hydrogen-bond acceptors (Lipinski definition) is 6. The fraction of sp³-hybridized carbons (Fsp3) is 0.0870. The summed E-state index contributed by atoms with van der Waals surface area (Å²) in [6.07, 6.45) is 1.92. The molecule has 0 saturated carbocycles. The molecular formula is C23H19N5OS2. The normalized spacial score (nSPS) is 11.1. The summed E-state index contributed by atoms with van der Waals surface area (Å²) in [6, 6.07) is 23.4. The van der Waals surface area contributed by atoms with Crippen LogP contribution in [0.25, 0.3) is 22.4 Å². The lowest BCUT2D eigenvalue weighted by Gasteiger charge is -2.14. The van der Waals surface area contributed by atoms with Crippen molar-refractivity contribution in [2.45, 2.75) is 11.6 Å². The molecule has 0 spiro atoms. The summed E-state index contributed by atoms with van der Waals surface area (Å²) in [4.78, 5) is 19.8. The van der Waals surface area contributed by atoms with Gasteiger partial charge in [-0.15, -0.1) is 23.1 Å². The van der Waals surface area contributed by atoms with Crippen LogP contribution in [0.3, 0.4) is 0 Å². The average Bonchev–Trinajstić information content (AvgIpc) is 3.47. The van der Waals surface area contributed by atoms with Crippen molar-refractivity contribution in [2.24, 2.45) is 0 Å². The molecule has 0 saturated heterocycles. The second kappa shape index (κ2) is 8.41. The van der Waals surface area contributed by atoms with Gasteiger partial charge in [0.2, 0.25) is 5.95 Å². The van der Waals surface area contributed by atoms with Crippen LogP contribution in [0, 0.1) is 0 Å². The second-order valence-electron chi connectivity index (χ2n) is 6.80. The first-order valence-corrected chi connectivity index (χ1v) is 11.8. The highest BCUT2D eigenvalue weighted by atomic mass is 32.2. The van der Waals surface area contributed by atoms with E-state index in [0.29, 0.717) is 28.6 Å². The van der Waals surface area contributed by atoms with Gasteiger partial charge in [-0.25, -0.2) is 9.25 Å². The molecule has 0 radical (unpaired) electrons. The van der Waals surface area contributed by atoms with E-state index in [1.807, 2.05) is 78.4 Å². The SMILES string of the molecule is CSc1nn(-c2ccccc2)c2nc(NCc3cccs3)n(-c3ccccc3)c(=O)c12. The summed E-state index contributed by atoms with van der Waals surface area (Å²) < 4.78 is 3.38. The third-order valence-electron chi connectivity index (χ3n) is 4.88. The van der Waals surface area contributed by atoms with E-state index in [1.54, 1.807) is 20.6 Å². The molecule has 0 aliphatic carbocycles. The maximum Gasteiger partial charge on any atom is 0.271 e.